The standard InChI is InChI=1S/C21H23N7O7S2/c1-21(2,19(33)34)35-25-12(11-9-37-20(22)23-11)15(29)24-13-16(30)28-14(18(31)32)10(8-36-17(13)28)7-27-6-4-5-26(27)3/h4-6,9,13,17H,7-8H2,1-3H3,(H4-,22,23,24,29,31,32,33,34)/p+1/t13-,17-/m1/s1. The van der Waals surface area contributed by atoms with Gasteiger partial charge < -0.3 is 26.1 Å². The number of anilines is 1. The number of amides is 2. The van der Waals surface area contributed by atoms with Crippen LogP contribution in [0, 0.1) is 0 Å². The number of aliphatic carboxylic acids is 2. The van der Waals surface area contributed by atoms with Gasteiger partial charge in [-0.25, -0.2) is 14.6 Å². The van der Waals surface area contributed by atoms with Gasteiger partial charge in [-0.05, 0) is 19.4 Å². The number of nitrogens with one attached hydrogen (secondary N) is 1. The Kier molecular flexibility index (Phi) is 6.96. The summed E-state index contributed by atoms with van der Waals surface area (Å²) in [5.74, 6) is -3.66. The Morgan fingerprint density at radius 3 is 2.68 bits per heavy atom. The van der Waals surface area contributed by atoms with Crippen molar-refractivity contribution in [2.24, 2.45) is 12.2 Å². The number of oxime groups is 1. The molecule has 1 fully saturated rings. The van der Waals surface area contributed by atoms with Crippen molar-refractivity contribution in [3.8, 4) is 0 Å². The zero-order valence-electron chi connectivity index (χ0n) is 19.9. The fraction of sp³-hybridized carbons (Fsp3) is 0.381. The molecule has 2 aliphatic heterocycles. The molecule has 0 spiro atoms. The number of nitrogen functional groups attached to an aromatic ring is 1. The van der Waals surface area contributed by atoms with E-state index >= 15 is 0 Å². The molecule has 2 amide bonds. The van der Waals surface area contributed by atoms with Gasteiger partial charge in [-0.15, -0.1) is 27.8 Å². The predicted molar refractivity (Wildman–Crippen MR) is 131 cm³/mol. The lowest BCUT2D eigenvalue weighted by molar-refractivity contribution is -0.752. The number of carboxylic acid groups (broad SMARTS) is 2. The number of thiazole rings is 1. The Balaban J connectivity index is 1.56. The third-order valence-electron chi connectivity index (χ3n) is 5.71. The number of carbonyl (C=O) groups excluding carboxylic acids is 2. The number of β-lactam (4-membered cyclic amide) rings is 1. The van der Waals surface area contributed by atoms with Gasteiger partial charge in [0.25, 0.3) is 11.8 Å². The minimum atomic E-state index is -1.75. The number of aryl methyl sites for hydroxylation is 1. The molecule has 196 valence electrons. The van der Waals surface area contributed by atoms with Crippen molar-refractivity contribution in [3.63, 3.8) is 0 Å². The number of aromatic nitrogens is 3. The van der Waals surface area contributed by atoms with E-state index in [9.17, 15) is 29.4 Å². The van der Waals surface area contributed by atoms with Crippen LogP contribution in [-0.2, 0) is 37.6 Å². The number of nitrogens with zero attached hydrogens (tertiary/aromatic N) is 5. The molecule has 37 heavy (non-hydrogen) atoms. The second kappa shape index (κ2) is 9.85. The normalized spacial score (nSPS) is 19.8. The van der Waals surface area contributed by atoms with E-state index in [0.717, 1.165) is 11.3 Å². The van der Waals surface area contributed by atoms with Crippen LogP contribution in [0.25, 0.3) is 0 Å². The predicted octanol–water partition coefficient (Wildman–Crippen LogP) is -0.626. The summed E-state index contributed by atoms with van der Waals surface area (Å²) in [6, 6.07) is 0.779. The van der Waals surface area contributed by atoms with E-state index in [1.54, 1.807) is 10.9 Å². The number of thioether (sulfide) groups is 1. The molecule has 0 aliphatic carbocycles. The van der Waals surface area contributed by atoms with Crippen molar-refractivity contribution in [1.82, 2.24) is 19.9 Å². The number of hydrogen-bond acceptors (Lipinski definition) is 10. The molecule has 0 aromatic carbocycles. The summed E-state index contributed by atoms with van der Waals surface area (Å²) < 4.78 is 3.60. The minimum Gasteiger partial charge on any atom is -0.478 e. The lowest BCUT2D eigenvalue weighted by Crippen LogP contribution is -2.71. The molecule has 0 saturated carbocycles. The quantitative estimate of drug-likeness (QED) is 0.135. The van der Waals surface area contributed by atoms with E-state index in [-0.39, 0.29) is 28.8 Å². The summed E-state index contributed by atoms with van der Waals surface area (Å²) in [5, 5.41) is 26.4. The van der Waals surface area contributed by atoms with Crippen molar-refractivity contribution < 1.29 is 38.9 Å². The van der Waals surface area contributed by atoms with Crippen molar-refractivity contribution >= 4 is 57.7 Å². The van der Waals surface area contributed by atoms with Crippen LogP contribution in [-0.4, -0.2) is 77.0 Å². The average Bonchev–Trinajstić information content (AvgIpc) is 3.44. The van der Waals surface area contributed by atoms with Crippen molar-refractivity contribution in [1.29, 1.82) is 0 Å². The van der Waals surface area contributed by atoms with E-state index < -0.39 is 40.8 Å². The van der Waals surface area contributed by atoms with E-state index in [1.807, 2.05) is 24.0 Å². The summed E-state index contributed by atoms with van der Waals surface area (Å²) in [6.45, 7) is 2.78. The maximum absolute atomic E-state index is 13.1. The molecule has 5 N–H and O–H groups in total. The van der Waals surface area contributed by atoms with Gasteiger partial charge in [0, 0.05) is 17.2 Å². The highest BCUT2D eigenvalue weighted by Crippen LogP contribution is 2.40. The maximum Gasteiger partial charge on any atom is 0.352 e. The van der Waals surface area contributed by atoms with Crippen LogP contribution in [0.4, 0.5) is 5.13 Å². The third kappa shape index (κ3) is 5.01. The Bertz CT molecular complexity index is 1350. The van der Waals surface area contributed by atoms with Gasteiger partial charge in [0.05, 0.1) is 6.20 Å². The summed E-state index contributed by atoms with van der Waals surface area (Å²) in [6.07, 6.45) is 3.61. The molecule has 2 aromatic heterocycles. The van der Waals surface area contributed by atoms with Gasteiger partial charge in [0.1, 0.15) is 29.4 Å². The zero-order chi connectivity index (χ0) is 27.1. The zero-order valence-corrected chi connectivity index (χ0v) is 21.6. The van der Waals surface area contributed by atoms with Gasteiger partial charge in [-0.2, -0.15) is 4.68 Å². The Morgan fingerprint density at radius 2 is 2.11 bits per heavy atom. The number of fused-ring (bicyclic) bond motifs is 1. The lowest BCUT2D eigenvalue weighted by Gasteiger charge is -2.49. The Morgan fingerprint density at radius 1 is 1.38 bits per heavy atom. The smallest absolute Gasteiger partial charge is 0.352 e. The second-order valence-electron chi connectivity index (χ2n) is 8.70. The van der Waals surface area contributed by atoms with E-state index in [2.05, 4.69) is 15.5 Å². The summed E-state index contributed by atoms with van der Waals surface area (Å²) in [5.41, 5.74) is 4.03. The van der Waals surface area contributed by atoms with Crippen LogP contribution < -0.4 is 15.7 Å². The second-order valence-corrected chi connectivity index (χ2v) is 10.7. The Labute approximate surface area is 218 Å². The molecular formula is C21H24N7O7S2+. The van der Waals surface area contributed by atoms with Gasteiger partial charge in [0.2, 0.25) is 5.60 Å². The third-order valence-corrected chi connectivity index (χ3v) is 7.73. The summed E-state index contributed by atoms with van der Waals surface area (Å²) >= 11 is 2.35. The molecule has 0 radical (unpaired) electrons. The topological polar surface area (TPSA) is 193 Å². The van der Waals surface area contributed by atoms with E-state index in [4.69, 9.17) is 10.6 Å². The molecule has 14 nitrogen and oxygen atoms in total. The number of nitrogens with two attached hydrogens (primary N) is 1. The first-order valence-electron chi connectivity index (χ1n) is 10.8. The fourth-order valence-electron chi connectivity index (χ4n) is 3.63. The van der Waals surface area contributed by atoms with Crippen LogP contribution >= 0.6 is 23.1 Å². The first-order chi connectivity index (χ1) is 17.4. The monoisotopic (exact) mass is 550 g/mol. The highest BCUT2D eigenvalue weighted by molar-refractivity contribution is 8.00. The fourth-order valence-corrected chi connectivity index (χ4v) is 5.51. The molecule has 2 aliphatic rings. The van der Waals surface area contributed by atoms with E-state index in [1.165, 1.54) is 35.9 Å². The first kappa shape index (κ1) is 26.2. The lowest BCUT2D eigenvalue weighted by atomic mass is 10.0. The van der Waals surface area contributed by atoms with Gasteiger partial charge in [0.15, 0.2) is 24.1 Å². The number of rotatable bonds is 9. The number of carboxylic acids is 2. The van der Waals surface area contributed by atoms with Crippen LogP contribution in [0.5, 0.6) is 0 Å². The largest absolute Gasteiger partial charge is 0.478 e. The van der Waals surface area contributed by atoms with Crippen molar-refractivity contribution in [3.05, 3.63) is 40.8 Å². The molecule has 4 rings (SSSR count). The summed E-state index contributed by atoms with van der Waals surface area (Å²) in [7, 11) is 1.82. The SMILES string of the molecule is C[n+]1cccn1CC1=C(C(=O)O)N2C(=O)[C@@H](NC(=O)C(=NOC(C)(C)C(=O)O)c3csc(N)n3)[C@H]2SC1. The van der Waals surface area contributed by atoms with Gasteiger partial charge >= 0.3 is 11.9 Å². The number of hydrogen-bond donors (Lipinski definition) is 4. The van der Waals surface area contributed by atoms with Gasteiger partial charge in [-0.1, -0.05) is 5.16 Å². The van der Waals surface area contributed by atoms with Crippen LogP contribution in [0.2, 0.25) is 0 Å². The molecule has 1 saturated heterocycles. The summed E-state index contributed by atoms with van der Waals surface area (Å²) in [4.78, 5) is 59.9. The van der Waals surface area contributed by atoms with Crippen LogP contribution in [0.1, 0.15) is 19.5 Å². The van der Waals surface area contributed by atoms with Gasteiger partial charge in [-0.3, -0.25) is 14.5 Å². The van der Waals surface area contributed by atoms with Crippen LogP contribution in [0.15, 0.2) is 40.3 Å². The Hall–Kier alpha value is -3.92. The molecular weight excluding hydrogens is 526 g/mol. The number of carbonyl (C=O) groups is 4. The molecule has 2 atom stereocenters. The first-order valence-corrected chi connectivity index (χ1v) is 12.8. The minimum absolute atomic E-state index is 0.0362. The highest BCUT2D eigenvalue weighted by Gasteiger charge is 2.54. The molecule has 16 heteroatoms. The molecule has 0 unspecified atom stereocenters. The molecule has 0 bridgehead atoms. The van der Waals surface area contributed by atoms with Crippen molar-refractivity contribution in [2.75, 3.05) is 11.5 Å². The average molecular weight is 551 g/mol. The van der Waals surface area contributed by atoms with Crippen molar-refractivity contribution in [2.45, 2.75) is 37.4 Å². The maximum atomic E-state index is 13.1. The van der Waals surface area contributed by atoms with E-state index in [0.29, 0.717) is 11.3 Å². The molecule has 2 aromatic rings. The van der Waals surface area contributed by atoms with Crippen LogP contribution in [0.3, 0.4) is 0 Å². The highest BCUT2D eigenvalue weighted by atomic mass is 32.2. The molecule has 4 heterocycles.